The van der Waals surface area contributed by atoms with Crippen LogP contribution in [0.5, 0.6) is 0 Å². The molecule has 2 unspecified atom stereocenters. The highest BCUT2D eigenvalue weighted by Gasteiger charge is 2.31. The Kier molecular flexibility index (Phi) is 5.62. The number of nitrogen functional groups attached to an aromatic ring is 1. The lowest BCUT2D eigenvalue weighted by molar-refractivity contribution is -0.0155. The standard InChI is InChI=1S/C17H26N2O2/c1-3-19(4-2)15-7-5-6-8-16(15)21-17(20)13-9-11-14(18)12-10-13/h9-12,15-16H,3-8,18H2,1-2H3. The van der Waals surface area contributed by atoms with E-state index in [4.69, 9.17) is 10.5 Å². The van der Waals surface area contributed by atoms with E-state index in [1.165, 1.54) is 6.42 Å². The number of anilines is 1. The van der Waals surface area contributed by atoms with Gasteiger partial charge in [0, 0.05) is 11.7 Å². The zero-order valence-electron chi connectivity index (χ0n) is 13.0. The third-order valence-electron chi connectivity index (χ3n) is 4.35. The molecule has 0 aromatic heterocycles. The Morgan fingerprint density at radius 2 is 1.81 bits per heavy atom. The van der Waals surface area contributed by atoms with Gasteiger partial charge in [0.15, 0.2) is 0 Å². The molecule has 2 atom stereocenters. The second kappa shape index (κ2) is 7.46. The van der Waals surface area contributed by atoms with Crippen LogP contribution in [0.4, 0.5) is 5.69 Å². The van der Waals surface area contributed by atoms with Crippen molar-refractivity contribution in [3.63, 3.8) is 0 Å². The Morgan fingerprint density at radius 1 is 1.19 bits per heavy atom. The van der Waals surface area contributed by atoms with Gasteiger partial charge in [0.2, 0.25) is 0 Å². The number of likely N-dealkylation sites (N-methyl/N-ethyl adjacent to an activating group) is 1. The summed E-state index contributed by atoms with van der Waals surface area (Å²) in [6, 6.07) is 7.28. The Labute approximate surface area is 127 Å². The summed E-state index contributed by atoms with van der Waals surface area (Å²) in [6.45, 7) is 6.32. The number of ether oxygens (including phenoxy) is 1. The Balaban J connectivity index is 2.04. The van der Waals surface area contributed by atoms with Crippen LogP contribution >= 0.6 is 0 Å². The lowest BCUT2D eigenvalue weighted by atomic mass is 9.91. The second-order valence-corrected chi connectivity index (χ2v) is 5.64. The number of nitrogens with zero attached hydrogens (tertiary/aromatic N) is 1. The Bertz CT molecular complexity index is 454. The van der Waals surface area contributed by atoms with E-state index < -0.39 is 0 Å². The van der Waals surface area contributed by atoms with Crippen LogP contribution in [0.1, 0.15) is 49.9 Å². The molecule has 21 heavy (non-hydrogen) atoms. The van der Waals surface area contributed by atoms with Crippen LogP contribution in [0.3, 0.4) is 0 Å². The highest BCUT2D eigenvalue weighted by atomic mass is 16.5. The number of esters is 1. The van der Waals surface area contributed by atoms with Crippen LogP contribution in [0, 0.1) is 0 Å². The van der Waals surface area contributed by atoms with Crippen LogP contribution in [-0.2, 0) is 4.74 Å². The molecule has 0 amide bonds. The molecule has 0 bridgehead atoms. The SMILES string of the molecule is CCN(CC)C1CCCCC1OC(=O)c1ccc(N)cc1. The molecule has 0 spiro atoms. The van der Waals surface area contributed by atoms with Gasteiger partial charge in [0.05, 0.1) is 5.56 Å². The molecule has 4 nitrogen and oxygen atoms in total. The number of carbonyl (C=O) groups is 1. The van der Waals surface area contributed by atoms with Gasteiger partial charge in [-0.2, -0.15) is 0 Å². The van der Waals surface area contributed by atoms with Crippen molar-refractivity contribution in [1.82, 2.24) is 4.90 Å². The molecule has 0 aliphatic heterocycles. The highest BCUT2D eigenvalue weighted by molar-refractivity contribution is 5.89. The van der Waals surface area contributed by atoms with Gasteiger partial charge in [0.25, 0.3) is 0 Å². The lowest BCUT2D eigenvalue weighted by Gasteiger charge is -2.38. The van der Waals surface area contributed by atoms with Gasteiger partial charge in [-0.25, -0.2) is 4.79 Å². The maximum atomic E-state index is 12.3. The molecule has 1 aliphatic rings. The summed E-state index contributed by atoms with van der Waals surface area (Å²) in [4.78, 5) is 14.7. The number of nitrogens with two attached hydrogens (primary N) is 1. The summed E-state index contributed by atoms with van der Waals surface area (Å²) in [5.74, 6) is -0.237. The summed E-state index contributed by atoms with van der Waals surface area (Å²) in [6.07, 6.45) is 4.43. The molecule has 2 rings (SSSR count). The molecule has 0 heterocycles. The van der Waals surface area contributed by atoms with Gasteiger partial charge in [-0.15, -0.1) is 0 Å². The van der Waals surface area contributed by atoms with Crippen LogP contribution < -0.4 is 5.73 Å². The van der Waals surface area contributed by atoms with Gasteiger partial charge >= 0.3 is 5.97 Å². The van der Waals surface area contributed by atoms with Gasteiger partial charge in [-0.3, -0.25) is 4.90 Å². The van der Waals surface area contributed by atoms with Crippen molar-refractivity contribution < 1.29 is 9.53 Å². The molecular weight excluding hydrogens is 264 g/mol. The van der Waals surface area contributed by atoms with E-state index in [0.29, 0.717) is 17.3 Å². The van der Waals surface area contributed by atoms with Crippen LogP contribution in [0.25, 0.3) is 0 Å². The van der Waals surface area contributed by atoms with Gasteiger partial charge in [-0.05, 0) is 56.6 Å². The van der Waals surface area contributed by atoms with E-state index >= 15 is 0 Å². The van der Waals surface area contributed by atoms with Crippen molar-refractivity contribution in [3.8, 4) is 0 Å². The fraction of sp³-hybridized carbons (Fsp3) is 0.588. The van der Waals surface area contributed by atoms with Crippen molar-refractivity contribution in [1.29, 1.82) is 0 Å². The number of rotatable bonds is 5. The molecule has 1 aromatic carbocycles. The zero-order chi connectivity index (χ0) is 15.2. The van der Waals surface area contributed by atoms with E-state index in [-0.39, 0.29) is 12.1 Å². The van der Waals surface area contributed by atoms with Crippen molar-refractivity contribution in [2.24, 2.45) is 0 Å². The summed E-state index contributed by atoms with van der Waals surface area (Å²) >= 11 is 0. The van der Waals surface area contributed by atoms with Crippen molar-refractivity contribution in [2.75, 3.05) is 18.8 Å². The average molecular weight is 290 g/mol. The topological polar surface area (TPSA) is 55.6 Å². The molecule has 1 aromatic rings. The minimum Gasteiger partial charge on any atom is -0.457 e. The molecule has 4 heteroatoms. The first-order chi connectivity index (χ1) is 10.2. The molecule has 116 valence electrons. The van der Waals surface area contributed by atoms with E-state index in [0.717, 1.165) is 32.4 Å². The number of benzene rings is 1. The molecule has 0 saturated heterocycles. The van der Waals surface area contributed by atoms with Crippen LogP contribution in [0.15, 0.2) is 24.3 Å². The van der Waals surface area contributed by atoms with Crippen LogP contribution in [0.2, 0.25) is 0 Å². The van der Waals surface area contributed by atoms with E-state index in [2.05, 4.69) is 18.7 Å². The molecular formula is C17H26N2O2. The number of carbonyl (C=O) groups excluding carboxylic acids is 1. The maximum absolute atomic E-state index is 12.3. The quantitative estimate of drug-likeness (QED) is 0.669. The normalized spacial score (nSPS) is 22.2. The monoisotopic (exact) mass is 290 g/mol. The van der Waals surface area contributed by atoms with Crippen LogP contribution in [-0.4, -0.2) is 36.1 Å². The minimum atomic E-state index is -0.237. The smallest absolute Gasteiger partial charge is 0.338 e. The minimum absolute atomic E-state index is 0.00343. The third kappa shape index (κ3) is 3.97. The summed E-state index contributed by atoms with van der Waals surface area (Å²) < 4.78 is 5.79. The Morgan fingerprint density at radius 3 is 2.43 bits per heavy atom. The van der Waals surface area contributed by atoms with Crippen molar-refractivity contribution in [3.05, 3.63) is 29.8 Å². The maximum Gasteiger partial charge on any atom is 0.338 e. The first kappa shape index (κ1) is 15.8. The zero-order valence-corrected chi connectivity index (χ0v) is 13.0. The van der Waals surface area contributed by atoms with Crippen molar-refractivity contribution in [2.45, 2.75) is 51.7 Å². The Hall–Kier alpha value is -1.55. The molecule has 1 saturated carbocycles. The molecule has 1 aliphatic carbocycles. The van der Waals surface area contributed by atoms with E-state index in [1.807, 2.05) is 0 Å². The summed E-state index contributed by atoms with van der Waals surface area (Å²) in [5.41, 5.74) is 6.88. The van der Waals surface area contributed by atoms with Gasteiger partial charge < -0.3 is 10.5 Å². The van der Waals surface area contributed by atoms with Gasteiger partial charge in [-0.1, -0.05) is 20.3 Å². The molecule has 1 fully saturated rings. The van der Waals surface area contributed by atoms with E-state index in [1.54, 1.807) is 24.3 Å². The summed E-state index contributed by atoms with van der Waals surface area (Å²) in [5, 5.41) is 0. The first-order valence-corrected chi connectivity index (χ1v) is 7.96. The predicted octanol–water partition coefficient (Wildman–Crippen LogP) is 3.08. The average Bonchev–Trinajstić information content (AvgIpc) is 2.50. The summed E-state index contributed by atoms with van der Waals surface area (Å²) in [7, 11) is 0. The lowest BCUT2D eigenvalue weighted by Crippen LogP contribution is -2.47. The van der Waals surface area contributed by atoms with E-state index in [9.17, 15) is 4.79 Å². The molecule has 0 radical (unpaired) electrons. The third-order valence-corrected chi connectivity index (χ3v) is 4.35. The first-order valence-electron chi connectivity index (χ1n) is 7.96. The fourth-order valence-corrected chi connectivity index (χ4v) is 3.15. The fourth-order valence-electron chi connectivity index (χ4n) is 3.15. The predicted molar refractivity (Wildman–Crippen MR) is 85.2 cm³/mol. The largest absolute Gasteiger partial charge is 0.457 e. The molecule has 2 N–H and O–H groups in total. The number of hydrogen-bond acceptors (Lipinski definition) is 4. The highest BCUT2D eigenvalue weighted by Crippen LogP contribution is 2.26. The second-order valence-electron chi connectivity index (χ2n) is 5.64. The number of hydrogen-bond donors (Lipinski definition) is 1. The van der Waals surface area contributed by atoms with Crippen molar-refractivity contribution >= 4 is 11.7 Å². The van der Waals surface area contributed by atoms with Gasteiger partial charge in [0.1, 0.15) is 6.10 Å².